The summed E-state index contributed by atoms with van der Waals surface area (Å²) in [5, 5.41) is 6.09. The quantitative estimate of drug-likeness (QED) is 0.489. The Morgan fingerprint density at radius 2 is 1.85 bits per heavy atom. The largest absolute Gasteiger partial charge is 0.494 e. The molecule has 0 saturated carbocycles. The van der Waals surface area contributed by atoms with E-state index in [0.717, 1.165) is 33.3 Å². The first kappa shape index (κ1) is 17.2. The van der Waals surface area contributed by atoms with Crippen molar-refractivity contribution in [1.29, 1.82) is 0 Å². The fourth-order valence-corrected chi connectivity index (χ4v) is 3.31. The third kappa shape index (κ3) is 4.12. The molecule has 2 heterocycles. The number of hydrogen-bond donors (Lipinski definition) is 1. The molecule has 134 valence electrons. The number of aromatic nitrogens is 3. The molecule has 0 bridgehead atoms. The Morgan fingerprint density at radius 1 is 0.963 bits per heavy atom. The van der Waals surface area contributed by atoms with Crippen LogP contribution < -0.4 is 10.1 Å². The topological polar surface area (TPSA) is 59.9 Å². The number of rotatable bonds is 6. The molecule has 0 aliphatic rings. The number of hydrogen-bond acceptors (Lipinski definition) is 6. The van der Waals surface area contributed by atoms with Gasteiger partial charge in [0.15, 0.2) is 0 Å². The minimum Gasteiger partial charge on any atom is -0.494 e. The van der Waals surface area contributed by atoms with Crippen LogP contribution in [0.25, 0.3) is 21.8 Å². The first-order valence-corrected chi connectivity index (χ1v) is 9.53. The van der Waals surface area contributed by atoms with Crippen LogP contribution in [0.4, 0.5) is 11.6 Å². The molecule has 6 heteroatoms. The standard InChI is InChI=1S/C21H18N4OS/c1-2-26-18-8-6-15(7-9-18)16-4-3-5-17(14-16)24-21-23-11-10-19(25-21)20-22-12-13-27-20/h3-14H,2H2,1H3,(H,23,24,25). The van der Waals surface area contributed by atoms with Crippen molar-refractivity contribution in [2.45, 2.75) is 6.92 Å². The summed E-state index contributed by atoms with van der Waals surface area (Å²) in [6.07, 6.45) is 3.51. The Labute approximate surface area is 161 Å². The Hall–Kier alpha value is -3.25. The lowest BCUT2D eigenvalue weighted by atomic mass is 10.1. The zero-order valence-corrected chi connectivity index (χ0v) is 15.6. The molecule has 0 unspecified atom stereocenters. The van der Waals surface area contributed by atoms with Crippen LogP contribution in [-0.2, 0) is 0 Å². The number of benzene rings is 2. The molecule has 0 radical (unpaired) electrons. The second-order valence-electron chi connectivity index (χ2n) is 5.77. The molecule has 2 aromatic heterocycles. The van der Waals surface area contributed by atoms with E-state index in [0.29, 0.717) is 12.6 Å². The fourth-order valence-electron chi connectivity index (χ4n) is 2.70. The van der Waals surface area contributed by atoms with Crippen LogP contribution in [0, 0.1) is 0 Å². The van der Waals surface area contributed by atoms with Crippen molar-refractivity contribution < 1.29 is 4.74 Å². The zero-order chi connectivity index (χ0) is 18.5. The molecule has 2 aromatic carbocycles. The lowest BCUT2D eigenvalue weighted by Crippen LogP contribution is -1.98. The summed E-state index contributed by atoms with van der Waals surface area (Å²) < 4.78 is 5.51. The molecular weight excluding hydrogens is 356 g/mol. The van der Waals surface area contributed by atoms with Gasteiger partial charge in [0, 0.05) is 23.5 Å². The van der Waals surface area contributed by atoms with E-state index < -0.39 is 0 Å². The summed E-state index contributed by atoms with van der Waals surface area (Å²) >= 11 is 1.56. The zero-order valence-electron chi connectivity index (χ0n) is 14.8. The van der Waals surface area contributed by atoms with Crippen LogP contribution in [0.5, 0.6) is 5.75 Å². The van der Waals surface area contributed by atoms with Crippen molar-refractivity contribution in [2.75, 3.05) is 11.9 Å². The molecule has 0 aliphatic heterocycles. The maximum atomic E-state index is 5.51. The van der Waals surface area contributed by atoms with Gasteiger partial charge in [-0.15, -0.1) is 11.3 Å². The highest BCUT2D eigenvalue weighted by Gasteiger charge is 2.06. The summed E-state index contributed by atoms with van der Waals surface area (Å²) in [5.41, 5.74) is 3.97. The average molecular weight is 374 g/mol. The molecule has 27 heavy (non-hydrogen) atoms. The van der Waals surface area contributed by atoms with Gasteiger partial charge < -0.3 is 10.1 Å². The minimum absolute atomic E-state index is 0.548. The second-order valence-corrected chi connectivity index (χ2v) is 6.66. The number of anilines is 2. The van der Waals surface area contributed by atoms with Crippen molar-refractivity contribution >= 4 is 23.0 Å². The lowest BCUT2D eigenvalue weighted by molar-refractivity contribution is 0.340. The summed E-state index contributed by atoms with van der Waals surface area (Å²) in [4.78, 5) is 13.2. The second kappa shape index (κ2) is 7.97. The highest BCUT2D eigenvalue weighted by Crippen LogP contribution is 2.26. The Balaban J connectivity index is 1.55. The van der Waals surface area contributed by atoms with Crippen LogP contribution in [0.15, 0.2) is 72.4 Å². The smallest absolute Gasteiger partial charge is 0.227 e. The first-order valence-electron chi connectivity index (χ1n) is 8.65. The molecule has 0 saturated heterocycles. The summed E-state index contributed by atoms with van der Waals surface area (Å²) in [5.74, 6) is 1.43. The third-order valence-electron chi connectivity index (χ3n) is 3.92. The van der Waals surface area contributed by atoms with Crippen LogP contribution in [-0.4, -0.2) is 21.6 Å². The van der Waals surface area contributed by atoms with Crippen LogP contribution in [0.2, 0.25) is 0 Å². The van der Waals surface area contributed by atoms with E-state index in [-0.39, 0.29) is 0 Å². The maximum absolute atomic E-state index is 5.51. The molecular formula is C21H18N4OS. The SMILES string of the molecule is CCOc1ccc(-c2cccc(Nc3nccc(-c4nccs4)n3)c2)cc1. The van der Waals surface area contributed by atoms with E-state index >= 15 is 0 Å². The van der Waals surface area contributed by atoms with E-state index in [1.807, 2.05) is 42.6 Å². The number of thiazole rings is 1. The van der Waals surface area contributed by atoms with Gasteiger partial charge >= 0.3 is 0 Å². The van der Waals surface area contributed by atoms with Gasteiger partial charge in [-0.1, -0.05) is 24.3 Å². The molecule has 5 nitrogen and oxygen atoms in total. The molecule has 0 atom stereocenters. The fraction of sp³-hybridized carbons (Fsp3) is 0.0952. The first-order chi connectivity index (χ1) is 13.3. The summed E-state index contributed by atoms with van der Waals surface area (Å²) in [6, 6.07) is 18.1. The molecule has 0 spiro atoms. The number of nitrogens with zero attached hydrogens (tertiary/aromatic N) is 3. The molecule has 0 aliphatic carbocycles. The molecule has 1 N–H and O–H groups in total. The van der Waals surface area contributed by atoms with Crippen molar-refractivity contribution in [2.24, 2.45) is 0 Å². The van der Waals surface area contributed by atoms with Crippen molar-refractivity contribution in [3.05, 3.63) is 72.4 Å². The average Bonchev–Trinajstić information content (AvgIpc) is 3.24. The molecule has 0 fully saturated rings. The highest BCUT2D eigenvalue weighted by molar-refractivity contribution is 7.13. The monoisotopic (exact) mass is 374 g/mol. The van der Waals surface area contributed by atoms with E-state index in [1.165, 1.54) is 0 Å². The van der Waals surface area contributed by atoms with Crippen molar-refractivity contribution in [1.82, 2.24) is 15.0 Å². The molecule has 0 amide bonds. The van der Waals surface area contributed by atoms with Gasteiger partial charge in [-0.3, -0.25) is 0 Å². The van der Waals surface area contributed by atoms with Crippen LogP contribution >= 0.6 is 11.3 Å². The number of ether oxygens (including phenoxy) is 1. The number of nitrogens with one attached hydrogen (secondary N) is 1. The Morgan fingerprint density at radius 3 is 2.63 bits per heavy atom. The van der Waals surface area contributed by atoms with Crippen LogP contribution in [0.3, 0.4) is 0 Å². The highest BCUT2D eigenvalue weighted by atomic mass is 32.1. The predicted octanol–water partition coefficient (Wildman–Crippen LogP) is 5.41. The molecule has 4 rings (SSSR count). The van der Waals surface area contributed by atoms with Gasteiger partial charge in [0.05, 0.1) is 6.61 Å². The molecule has 4 aromatic rings. The predicted molar refractivity (Wildman–Crippen MR) is 109 cm³/mol. The lowest BCUT2D eigenvalue weighted by Gasteiger charge is -2.09. The minimum atomic E-state index is 0.548. The Kier molecular flexibility index (Phi) is 5.07. The van der Waals surface area contributed by atoms with E-state index in [2.05, 4.69) is 44.5 Å². The van der Waals surface area contributed by atoms with E-state index in [4.69, 9.17) is 4.74 Å². The van der Waals surface area contributed by atoms with Crippen molar-refractivity contribution in [3.8, 4) is 27.6 Å². The summed E-state index contributed by atoms with van der Waals surface area (Å²) in [6.45, 7) is 2.65. The van der Waals surface area contributed by atoms with Gasteiger partial charge in [-0.05, 0) is 48.4 Å². The van der Waals surface area contributed by atoms with Crippen LogP contribution in [0.1, 0.15) is 6.92 Å². The van der Waals surface area contributed by atoms with Gasteiger partial charge in [0.2, 0.25) is 5.95 Å². The van der Waals surface area contributed by atoms with Crippen molar-refractivity contribution in [3.63, 3.8) is 0 Å². The maximum Gasteiger partial charge on any atom is 0.227 e. The van der Waals surface area contributed by atoms with Gasteiger partial charge in [0.1, 0.15) is 16.5 Å². The summed E-state index contributed by atoms with van der Waals surface area (Å²) in [7, 11) is 0. The van der Waals surface area contributed by atoms with Gasteiger partial charge in [0.25, 0.3) is 0 Å². The normalized spacial score (nSPS) is 10.6. The van der Waals surface area contributed by atoms with E-state index in [1.54, 1.807) is 23.7 Å². The third-order valence-corrected chi connectivity index (χ3v) is 4.72. The van der Waals surface area contributed by atoms with E-state index in [9.17, 15) is 0 Å². The Bertz CT molecular complexity index is 1020. The van der Waals surface area contributed by atoms with Gasteiger partial charge in [-0.25, -0.2) is 15.0 Å². The van der Waals surface area contributed by atoms with Gasteiger partial charge in [-0.2, -0.15) is 0 Å².